The lowest BCUT2D eigenvalue weighted by molar-refractivity contribution is -0.384. The molecule has 29 heavy (non-hydrogen) atoms. The standard InChI is InChI=1S/C16H15F3N2O8/c1-8-4-9(29-16(17,18)19)5-11(21(24)25)12(8)20-7-28-6-10(14(22)26-2)13(20)15(23)27-3/h4-5H,6-7H2,1-3H3. The molecule has 10 nitrogen and oxygen atoms in total. The lowest BCUT2D eigenvalue weighted by Gasteiger charge is -2.32. The van der Waals surface area contributed by atoms with E-state index < -0.39 is 41.4 Å². The van der Waals surface area contributed by atoms with Gasteiger partial charge >= 0.3 is 18.3 Å². The molecule has 0 bridgehead atoms. The summed E-state index contributed by atoms with van der Waals surface area (Å²) in [6, 6.07) is 1.45. The van der Waals surface area contributed by atoms with Crippen LogP contribution in [0.25, 0.3) is 0 Å². The highest BCUT2D eigenvalue weighted by Gasteiger charge is 2.38. The zero-order chi connectivity index (χ0) is 21.9. The molecule has 0 saturated heterocycles. The molecule has 13 heteroatoms. The zero-order valence-electron chi connectivity index (χ0n) is 15.4. The van der Waals surface area contributed by atoms with E-state index in [-0.39, 0.29) is 29.1 Å². The Morgan fingerprint density at radius 1 is 1.21 bits per heavy atom. The SMILES string of the molecule is COC(=O)C1=C(C(=O)OC)N(c2c(C)cc(OC(F)(F)F)cc2[N+](=O)[O-])COC1. The number of hydrogen-bond donors (Lipinski definition) is 0. The smallest absolute Gasteiger partial charge is 0.466 e. The van der Waals surface area contributed by atoms with E-state index in [4.69, 9.17) is 4.74 Å². The molecule has 1 aromatic rings. The van der Waals surface area contributed by atoms with Gasteiger partial charge in [-0.15, -0.1) is 13.2 Å². The Balaban J connectivity index is 2.71. The number of aryl methyl sites for hydroxylation is 1. The van der Waals surface area contributed by atoms with Gasteiger partial charge in [0, 0.05) is 0 Å². The summed E-state index contributed by atoms with van der Waals surface area (Å²) in [4.78, 5) is 35.9. The lowest BCUT2D eigenvalue weighted by Crippen LogP contribution is -2.39. The normalized spacial score (nSPS) is 14.5. The van der Waals surface area contributed by atoms with Gasteiger partial charge in [0.25, 0.3) is 5.69 Å². The second-order valence-corrected chi connectivity index (χ2v) is 5.63. The van der Waals surface area contributed by atoms with E-state index >= 15 is 0 Å². The van der Waals surface area contributed by atoms with E-state index in [1.54, 1.807) is 0 Å². The Morgan fingerprint density at radius 3 is 2.34 bits per heavy atom. The monoisotopic (exact) mass is 420 g/mol. The zero-order valence-corrected chi connectivity index (χ0v) is 15.4. The van der Waals surface area contributed by atoms with Crippen LogP contribution in [0.2, 0.25) is 0 Å². The molecule has 1 aromatic carbocycles. The highest BCUT2D eigenvalue weighted by atomic mass is 19.4. The van der Waals surface area contributed by atoms with Crippen LogP contribution in [-0.4, -0.2) is 50.8 Å². The van der Waals surface area contributed by atoms with Crippen molar-refractivity contribution in [3.8, 4) is 5.75 Å². The number of benzene rings is 1. The first-order chi connectivity index (χ1) is 13.5. The highest BCUT2D eigenvalue weighted by molar-refractivity contribution is 6.04. The molecule has 0 radical (unpaired) electrons. The number of nitro benzene ring substituents is 1. The van der Waals surface area contributed by atoms with Crippen LogP contribution in [0, 0.1) is 17.0 Å². The molecule has 1 aliphatic heterocycles. The first-order valence-corrected chi connectivity index (χ1v) is 7.80. The van der Waals surface area contributed by atoms with E-state index in [2.05, 4.69) is 14.2 Å². The van der Waals surface area contributed by atoms with Crippen molar-refractivity contribution in [1.82, 2.24) is 0 Å². The summed E-state index contributed by atoms with van der Waals surface area (Å²) in [7, 11) is 2.08. The van der Waals surface area contributed by atoms with Crippen LogP contribution in [0.15, 0.2) is 23.4 Å². The number of anilines is 1. The molecule has 0 fully saturated rings. The molecule has 0 spiro atoms. The first kappa shape index (κ1) is 21.9. The summed E-state index contributed by atoms with van der Waals surface area (Å²) in [5.74, 6) is -2.77. The summed E-state index contributed by atoms with van der Waals surface area (Å²) in [5.41, 5.74) is -1.78. The number of methoxy groups -OCH3 is 2. The number of halogens is 3. The third-order valence-electron chi connectivity index (χ3n) is 3.79. The summed E-state index contributed by atoms with van der Waals surface area (Å²) < 4.78 is 55.8. The number of hydrogen-bond acceptors (Lipinski definition) is 9. The molecule has 0 N–H and O–H groups in total. The van der Waals surface area contributed by atoms with Crippen LogP contribution >= 0.6 is 0 Å². The quantitative estimate of drug-likeness (QED) is 0.401. The van der Waals surface area contributed by atoms with E-state index in [0.717, 1.165) is 25.2 Å². The molecule has 1 aliphatic rings. The van der Waals surface area contributed by atoms with Crippen molar-refractivity contribution >= 4 is 23.3 Å². The number of nitro groups is 1. The predicted octanol–water partition coefficient (Wildman–Crippen LogP) is 2.20. The Labute approximate surface area is 161 Å². The molecule has 0 aromatic heterocycles. The third kappa shape index (κ3) is 4.74. The van der Waals surface area contributed by atoms with Gasteiger partial charge in [0.1, 0.15) is 23.9 Å². The number of ether oxygens (including phenoxy) is 4. The molecule has 0 unspecified atom stereocenters. The molecular weight excluding hydrogens is 405 g/mol. The number of alkyl halides is 3. The van der Waals surface area contributed by atoms with Crippen molar-refractivity contribution in [3.63, 3.8) is 0 Å². The lowest BCUT2D eigenvalue weighted by atomic mass is 10.1. The maximum atomic E-state index is 12.5. The number of rotatable bonds is 5. The average molecular weight is 420 g/mol. The fraction of sp³-hybridized carbons (Fsp3) is 0.375. The Kier molecular flexibility index (Phi) is 6.31. The van der Waals surface area contributed by atoms with Gasteiger partial charge in [0.05, 0.1) is 37.4 Å². The van der Waals surface area contributed by atoms with Crippen LogP contribution < -0.4 is 9.64 Å². The molecule has 0 amide bonds. The van der Waals surface area contributed by atoms with E-state index in [1.807, 2.05) is 0 Å². The summed E-state index contributed by atoms with van der Waals surface area (Å²) in [6.07, 6.45) is -5.06. The van der Waals surface area contributed by atoms with Gasteiger partial charge < -0.3 is 23.8 Å². The van der Waals surface area contributed by atoms with Crippen LogP contribution in [0.1, 0.15) is 5.56 Å². The Hall–Kier alpha value is -3.35. The van der Waals surface area contributed by atoms with Crippen molar-refractivity contribution in [3.05, 3.63) is 39.1 Å². The molecule has 0 aliphatic carbocycles. The second kappa shape index (κ2) is 8.34. The summed E-state index contributed by atoms with van der Waals surface area (Å²) >= 11 is 0. The predicted molar refractivity (Wildman–Crippen MR) is 88.9 cm³/mol. The maximum absolute atomic E-state index is 12.5. The van der Waals surface area contributed by atoms with Gasteiger partial charge in [-0.2, -0.15) is 0 Å². The van der Waals surface area contributed by atoms with Crippen LogP contribution in [-0.2, 0) is 23.8 Å². The third-order valence-corrected chi connectivity index (χ3v) is 3.79. The molecule has 2 rings (SSSR count). The van der Waals surface area contributed by atoms with Crippen molar-refractivity contribution < 1.29 is 46.6 Å². The molecule has 1 heterocycles. The fourth-order valence-corrected chi connectivity index (χ4v) is 2.73. The minimum atomic E-state index is -5.06. The Morgan fingerprint density at radius 2 is 1.83 bits per heavy atom. The van der Waals surface area contributed by atoms with Crippen molar-refractivity contribution in [1.29, 1.82) is 0 Å². The second-order valence-electron chi connectivity index (χ2n) is 5.63. The number of carbonyl (C=O) groups excluding carboxylic acids is 2. The van der Waals surface area contributed by atoms with Gasteiger partial charge in [-0.3, -0.25) is 10.1 Å². The number of esters is 2. The van der Waals surface area contributed by atoms with Crippen molar-refractivity contribution in [2.45, 2.75) is 13.3 Å². The average Bonchev–Trinajstić information content (AvgIpc) is 2.64. The fourth-order valence-electron chi connectivity index (χ4n) is 2.73. The summed E-state index contributed by atoms with van der Waals surface area (Å²) in [5, 5.41) is 11.5. The van der Waals surface area contributed by atoms with Crippen molar-refractivity contribution in [2.24, 2.45) is 0 Å². The molecule has 0 saturated carbocycles. The van der Waals surface area contributed by atoms with Gasteiger partial charge in [-0.1, -0.05) is 0 Å². The molecular formula is C16H15F3N2O8. The van der Waals surface area contributed by atoms with Crippen LogP contribution in [0.4, 0.5) is 24.5 Å². The maximum Gasteiger partial charge on any atom is 0.573 e. The number of carbonyl (C=O) groups is 2. The largest absolute Gasteiger partial charge is 0.573 e. The van der Waals surface area contributed by atoms with E-state index in [9.17, 15) is 32.9 Å². The van der Waals surface area contributed by atoms with E-state index in [0.29, 0.717) is 6.07 Å². The van der Waals surface area contributed by atoms with Gasteiger partial charge in [-0.25, -0.2) is 9.59 Å². The van der Waals surface area contributed by atoms with E-state index in [1.165, 1.54) is 6.92 Å². The minimum absolute atomic E-state index is 0.0467. The van der Waals surface area contributed by atoms with Gasteiger partial charge in [-0.05, 0) is 18.6 Å². The highest BCUT2D eigenvalue weighted by Crippen LogP contribution is 2.40. The number of nitrogens with zero attached hydrogens (tertiary/aromatic N) is 2. The van der Waals surface area contributed by atoms with Crippen molar-refractivity contribution in [2.75, 3.05) is 32.5 Å². The molecule has 0 atom stereocenters. The van der Waals surface area contributed by atoms with Gasteiger partial charge in [0.15, 0.2) is 0 Å². The Bertz CT molecular complexity index is 882. The minimum Gasteiger partial charge on any atom is -0.466 e. The van der Waals surface area contributed by atoms with Gasteiger partial charge in [0.2, 0.25) is 0 Å². The topological polar surface area (TPSA) is 117 Å². The summed E-state index contributed by atoms with van der Waals surface area (Å²) in [6.45, 7) is 0.523. The van der Waals surface area contributed by atoms with Crippen LogP contribution in [0.5, 0.6) is 5.75 Å². The van der Waals surface area contributed by atoms with Crippen LogP contribution in [0.3, 0.4) is 0 Å². The molecule has 158 valence electrons. The first-order valence-electron chi connectivity index (χ1n) is 7.80.